The molecule has 1 aromatic carbocycles. The molecule has 0 atom stereocenters. The van der Waals surface area contributed by atoms with Crippen molar-refractivity contribution < 1.29 is 0 Å². The van der Waals surface area contributed by atoms with Crippen LogP contribution in [-0.4, -0.2) is 20.1 Å². The first kappa shape index (κ1) is 10.9. The predicted octanol–water partition coefficient (Wildman–Crippen LogP) is -0.134. The molecular formula is C10H16N2O2. The summed E-state index contributed by atoms with van der Waals surface area (Å²) in [5.41, 5.74) is 0.517. The minimum atomic E-state index is -0.355. The summed E-state index contributed by atoms with van der Waals surface area (Å²) >= 11 is 0. The largest absolute Gasteiger partial charge is 0.381 e. The number of hydrogen-bond donors (Lipinski definition) is 2. The van der Waals surface area contributed by atoms with Gasteiger partial charge in [0.2, 0.25) is 10.9 Å². The molecule has 0 unspecified atom stereocenters. The molecule has 4 heteroatoms. The van der Waals surface area contributed by atoms with E-state index in [0.29, 0.717) is 17.7 Å². The minimum absolute atomic E-state index is 0.316. The SMILES string of the molecule is CCc1c(NCCCNC)c(=O)c1=O. The van der Waals surface area contributed by atoms with Crippen molar-refractivity contribution in [3.05, 3.63) is 26.0 Å². The maximum Gasteiger partial charge on any atom is 0.249 e. The molecular weight excluding hydrogens is 180 g/mol. The Morgan fingerprint density at radius 1 is 1.14 bits per heavy atom. The molecule has 0 bridgehead atoms. The normalized spacial score (nSPS) is 10.7. The Labute approximate surface area is 83.0 Å². The molecule has 0 saturated carbocycles. The average molecular weight is 196 g/mol. The van der Waals surface area contributed by atoms with E-state index in [1.165, 1.54) is 0 Å². The Bertz CT molecular complexity index is 364. The Morgan fingerprint density at radius 3 is 2.43 bits per heavy atom. The Hall–Kier alpha value is -1.16. The second kappa shape index (κ2) is 4.91. The van der Waals surface area contributed by atoms with Crippen LogP contribution in [0.3, 0.4) is 0 Å². The van der Waals surface area contributed by atoms with E-state index in [1.807, 2.05) is 14.0 Å². The summed E-state index contributed by atoms with van der Waals surface area (Å²) < 4.78 is 0. The fraction of sp³-hybridized carbons (Fsp3) is 0.600. The first-order valence-corrected chi connectivity index (χ1v) is 4.93. The van der Waals surface area contributed by atoms with Gasteiger partial charge in [-0.05, 0) is 26.4 Å². The standard InChI is InChI=1S/C10H16N2O2/c1-3-7-8(10(14)9(7)13)12-6-4-5-11-2/h11-12H,3-6H2,1-2H3. The van der Waals surface area contributed by atoms with Gasteiger partial charge in [0.1, 0.15) is 0 Å². The van der Waals surface area contributed by atoms with E-state index in [0.717, 1.165) is 19.5 Å². The van der Waals surface area contributed by atoms with Crippen LogP contribution in [0.15, 0.2) is 9.59 Å². The van der Waals surface area contributed by atoms with Gasteiger partial charge in [0, 0.05) is 12.1 Å². The van der Waals surface area contributed by atoms with Gasteiger partial charge in [-0.2, -0.15) is 0 Å². The molecule has 0 aliphatic carbocycles. The Kier molecular flexibility index (Phi) is 3.83. The van der Waals surface area contributed by atoms with Crippen molar-refractivity contribution in [2.75, 3.05) is 25.5 Å². The molecule has 0 saturated heterocycles. The highest BCUT2D eigenvalue weighted by Gasteiger charge is 2.17. The van der Waals surface area contributed by atoms with Gasteiger partial charge >= 0.3 is 0 Å². The summed E-state index contributed by atoms with van der Waals surface area (Å²) in [5, 5.41) is 6.02. The average Bonchev–Trinajstić information content (AvgIpc) is 2.21. The van der Waals surface area contributed by atoms with Gasteiger partial charge in [0.25, 0.3) is 0 Å². The molecule has 0 aromatic heterocycles. The molecule has 0 aliphatic rings. The van der Waals surface area contributed by atoms with E-state index >= 15 is 0 Å². The second-order valence-corrected chi connectivity index (χ2v) is 3.25. The molecule has 1 rings (SSSR count). The van der Waals surface area contributed by atoms with Gasteiger partial charge in [-0.15, -0.1) is 0 Å². The summed E-state index contributed by atoms with van der Waals surface area (Å²) in [5.74, 6) is 0. The summed E-state index contributed by atoms with van der Waals surface area (Å²) in [6.07, 6.45) is 1.58. The van der Waals surface area contributed by atoms with Crippen LogP contribution < -0.4 is 21.5 Å². The highest BCUT2D eigenvalue weighted by atomic mass is 16.2. The van der Waals surface area contributed by atoms with Gasteiger partial charge in [0.05, 0.1) is 5.69 Å². The molecule has 0 spiro atoms. The third kappa shape index (κ3) is 2.01. The van der Waals surface area contributed by atoms with Gasteiger partial charge in [-0.1, -0.05) is 6.92 Å². The molecule has 2 N–H and O–H groups in total. The first-order valence-electron chi connectivity index (χ1n) is 4.93. The fourth-order valence-corrected chi connectivity index (χ4v) is 1.44. The zero-order chi connectivity index (χ0) is 10.6. The third-order valence-corrected chi connectivity index (χ3v) is 2.27. The van der Waals surface area contributed by atoms with E-state index in [9.17, 15) is 9.59 Å². The monoisotopic (exact) mass is 196 g/mol. The van der Waals surface area contributed by atoms with E-state index < -0.39 is 0 Å². The van der Waals surface area contributed by atoms with Gasteiger partial charge in [-0.25, -0.2) is 0 Å². The lowest BCUT2D eigenvalue weighted by atomic mass is 10.0. The van der Waals surface area contributed by atoms with Crippen LogP contribution in [0.1, 0.15) is 18.9 Å². The van der Waals surface area contributed by atoms with Crippen LogP contribution in [-0.2, 0) is 6.42 Å². The predicted molar refractivity (Wildman–Crippen MR) is 57.8 cm³/mol. The van der Waals surface area contributed by atoms with Crippen molar-refractivity contribution in [2.45, 2.75) is 19.8 Å². The van der Waals surface area contributed by atoms with Gasteiger partial charge in [-0.3, -0.25) is 9.59 Å². The molecule has 0 amide bonds. The molecule has 14 heavy (non-hydrogen) atoms. The molecule has 0 aliphatic heterocycles. The summed E-state index contributed by atoms with van der Waals surface area (Å²) in [7, 11) is 1.88. The molecule has 0 fully saturated rings. The molecule has 1 aromatic rings. The lowest BCUT2D eigenvalue weighted by Gasteiger charge is -2.11. The maximum absolute atomic E-state index is 11.1. The number of nitrogens with one attached hydrogen (secondary N) is 2. The second-order valence-electron chi connectivity index (χ2n) is 3.25. The summed E-state index contributed by atoms with van der Waals surface area (Å²) in [6.45, 7) is 3.53. The zero-order valence-electron chi connectivity index (χ0n) is 8.64. The fourth-order valence-electron chi connectivity index (χ4n) is 1.44. The van der Waals surface area contributed by atoms with E-state index in [4.69, 9.17) is 0 Å². The van der Waals surface area contributed by atoms with Crippen LogP contribution >= 0.6 is 0 Å². The molecule has 78 valence electrons. The van der Waals surface area contributed by atoms with Crippen LogP contribution in [0.5, 0.6) is 0 Å². The number of anilines is 1. The smallest absolute Gasteiger partial charge is 0.249 e. The lowest BCUT2D eigenvalue weighted by molar-refractivity contribution is 0.746. The van der Waals surface area contributed by atoms with E-state index in [-0.39, 0.29) is 10.9 Å². The van der Waals surface area contributed by atoms with Crippen molar-refractivity contribution in [1.29, 1.82) is 0 Å². The summed E-state index contributed by atoms with van der Waals surface area (Å²) in [6, 6.07) is 0. The highest BCUT2D eigenvalue weighted by Crippen LogP contribution is 2.07. The molecule has 4 nitrogen and oxygen atoms in total. The van der Waals surface area contributed by atoms with Gasteiger partial charge < -0.3 is 10.6 Å². The van der Waals surface area contributed by atoms with Crippen molar-refractivity contribution in [3.63, 3.8) is 0 Å². The minimum Gasteiger partial charge on any atom is -0.381 e. The number of hydrogen-bond acceptors (Lipinski definition) is 4. The van der Waals surface area contributed by atoms with Crippen LogP contribution in [0, 0.1) is 0 Å². The lowest BCUT2D eigenvalue weighted by Crippen LogP contribution is -2.38. The Balaban J connectivity index is 2.48. The van der Waals surface area contributed by atoms with E-state index in [2.05, 4.69) is 10.6 Å². The third-order valence-electron chi connectivity index (χ3n) is 2.27. The van der Waals surface area contributed by atoms with Crippen molar-refractivity contribution in [3.8, 4) is 0 Å². The Morgan fingerprint density at radius 2 is 1.86 bits per heavy atom. The zero-order valence-corrected chi connectivity index (χ0v) is 8.64. The quantitative estimate of drug-likeness (QED) is 0.491. The molecule has 0 radical (unpaired) electrons. The van der Waals surface area contributed by atoms with E-state index in [1.54, 1.807) is 0 Å². The van der Waals surface area contributed by atoms with Crippen molar-refractivity contribution in [1.82, 2.24) is 5.32 Å². The topological polar surface area (TPSA) is 58.2 Å². The van der Waals surface area contributed by atoms with Crippen LogP contribution in [0.2, 0.25) is 0 Å². The van der Waals surface area contributed by atoms with Crippen LogP contribution in [0.4, 0.5) is 5.69 Å². The van der Waals surface area contributed by atoms with Crippen LogP contribution in [0.25, 0.3) is 0 Å². The van der Waals surface area contributed by atoms with Crippen molar-refractivity contribution in [2.24, 2.45) is 0 Å². The molecule has 0 heterocycles. The first-order chi connectivity index (χ1) is 6.72. The summed E-state index contributed by atoms with van der Waals surface area (Å²) in [4.78, 5) is 22.1. The van der Waals surface area contributed by atoms with Gasteiger partial charge in [0.15, 0.2) is 0 Å². The highest BCUT2D eigenvalue weighted by molar-refractivity contribution is 5.56. The number of rotatable bonds is 6. The maximum atomic E-state index is 11.1. The van der Waals surface area contributed by atoms with Crippen molar-refractivity contribution >= 4 is 5.69 Å².